The van der Waals surface area contributed by atoms with E-state index in [1.54, 1.807) is 36.2 Å². The van der Waals surface area contributed by atoms with Gasteiger partial charge in [-0.3, -0.25) is 9.59 Å². The molecule has 1 aliphatic heterocycles. The molecule has 0 radical (unpaired) electrons. The third-order valence-corrected chi connectivity index (χ3v) is 3.80. The molecule has 3 rings (SSSR count). The Morgan fingerprint density at radius 2 is 2.19 bits per heavy atom. The van der Waals surface area contributed by atoms with Gasteiger partial charge in [0.25, 0.3) is 11.5 Å². The Hall–Kier alpha value is -2.21. The van der Waals surface area contributed by atoms with Gasteiger partial charge in [-0.1, -0.05) is 18.2 Å². The number of nitrogens with one attached hydrogen (secondary N) is 1. The molecule has 6 nitrogen and oxygen atoms in total. The van der Waals surface area contributed by atoms with E-state index in [1.807, 2.05) is 0 Å². The number of carbonyl (C=O) groups excluding carboxylic acids is 1. The van der Waals surface area contributed by atoms with Gasteiger partial charge in [0.15, 0.2) is 5.69 Å². The van der Waals surface area contributed by atoms with Crippen LogP contribution in [0.15, 0.2) is 29.1 Å². The molecule has 1 fully saturated rings. The Balaban J connectivity index is 1.90. The molecule has 1 N–H and O–H groups in total. The molecular formula is C15H17N3O3. The summed E-state index contributed by atoms with van der Waals surface area (Å²) in [6.07, 6.45) is 0.970. The van der Waals surface area contributed by atoms with E-state index in [4.69, 9.17) is 4.74 Å². The summed E-state index contributed by atoms with van der Waals surface area (Å²) >= 11 is 0. The van der Waals surface area contributed by atoms with E-state index in [0.717, 1.165) is 13.0 Å². The fourth-order valence-electron chi connectivity index (χ4n) is 2.66. The predicted octanol–water partition coefficient (Wildman–Crippen LogP) is 1.03. The fourth-order valence-corrected chi connectivity index (χ4v) is 2.66. The lowest BCUT2D eigenvalue weighted by atomic mass is 10.1. The molecule has 0 aliphatic carbocycles. The normalized spacial score (nSPS) is 18.0. The lowest BCUT2D eigenvalue weighted by Crippen LogP contribution is -2.33. The molecule has 2 heterocycles. The zero-order valence-corrected chi connectivity index (χ0v) is 11.8. The number of hydrogen-bond donors (Lipinski definition) is 1. The number of H-pyrrole nitrogens is 1. The van der Waals surface area contributed by atoms with Crippen LogP contribution in [-0.2, 0) is 4.74 Å². The van der Waals surface area contributed by atoms with Crippen LogP contribution in [0.1, 0.15) is 16.9 Å². The Morgan fingerprint density at radius 1 is 1.43 bits per heavy atom. The summed E-state index contributed by atoms with van der Waals surface area (Å²) < 4.78 is 5.33. The highest BCUT2D eigenvalue weighted by atomic mass is 16.5. The van der Waals surface area contributed by atoms with Gasteiger partial charge < -0.3 is 9.64 Å². The van der Waals surface area contributed by atoms with Crippen molar-refractivity contribution in [3.05, 3.63) is 40.3 Å². The zero-order valence-electron chi connectivity index (χ0n) is 11.8. The smallest absolute Gasteiger partial charge is 0.274 e. The van der Waals surface area contributed by atoms with E-state index < -0.39 is 0 Å². The average Bonchev–Trinajstić information content (AvgIpc) is 3.00. The maximum absolute atomic E-state index is 12.6. The maximum Gasteiger partial charge on any atom is 0.274 e. The Labute approximate surface area is 121 Å². The first kappa shape index (κ1) is 13.8. The summed E-state index contributed by atoms with van der Waals surface area (Å²) in [6.45, 7) is 2.08. The van der Waals surface area contributed by atoms with Gasteiger partial charge in [0.1, 0.15) is 0 Å². The van der Waals surface area contributed by atoms with Gasteiger partial charge in [0, 0.05) is 31.5 Å². The van der Waals surface area contributed by atoms with Gasteiger partial charge in [-0.15, -0.1) is 0 Å². The second-order valence-corrected chi connectivity index (χ2v) is 5.36. The number of aromatic amines is 1. The molecule has 1 amide bonds. The second kappa shape index (κ2) is 5.65. The van der Waals surface area contributed by atoms with E-state index in [-0.39, 0.29) is 17.2 Å². The van der Waals surface area contributed by atoms with Crippen molar-refractivity contribution in [2.24, 2.45) is 5.92 Å². The van der Waals surface area contributed by atoms with E-state index in [2.05, 4.69) is 10.2 Å². The Kier molecular flexibility index (Phi) is 3.70. The predicted molar refractivity (Wildman–Crippen MR) is 78.3 cm³/mol. The molecule has 1 aromatic carbocycles. The number of aromatic nitrogens is 2. The van der Waals surface area contributed by atoms with E-state index in [9.17, 15) is 9.59 Å². The van der Waals surface area contributed by atoms with Crippen LogP contribution in [0, 0.1) is 5.92 Å². The van der Waals surface area contributed by atoms with Crippen molar-refractivity contribution in [3.63, 3.8) is 0 Å². The molecule has 1 atom stereocenters. The summed E-state index contributed by atoms with van der Waals surface area (Å²) in [5, 5.41) is 7.40. The van der Waals surface area contributed by atoms with Gasteiger partial charge in [-0.05, 0) is 12.5 Å². The van der Waals surface area contributed by atoms with Crippen LogP contribution in [0.4, 0.5) is 0 Å². The molecule has 0 spiro atoms. The number of rotatable bonds is 3. The van der Waals surface area contributed by atoms with Crippen molar-refractivity contribution in [3.8, 4) is 0 Å². The standard InChI is InChI=1S/C15H17N3O3/c1-18(8-10-6-7-21-9-10)15(20)13-11-4-2-3-5-12(11)14(19)17-16-13/h2-5,10H,6-9H2,1H3,(H,17,19). The van der Waals surface area contributed by atoms with E-state index >= 15 is 0 Å². The highest BCUT2D eigenvalue weighted by molar-refractivity contribution is 6.04. The van der Waals surface area contributed by atoms with Crippen LogP contribution >= 0.6 is 0 Å². The van der Waals surface area contributed by atoms with Crippen molar-refractivity contribution in [2.75, 3.05) is 26.8 Å². The Bertz CT molecular complexity index is 719. The van der Waals surface area contributed by atoms with Gasteiger partial charge in [0.2, 0.25) is 0 Å². The summed E-state index contributed by atoms with van der Waals surface area (Å²) in [5.41, 5.74) is 0.000566. The third-order valence-electron chi connectivity index (χ3n) is 3.80. The second-order valence-electron chi connectivity index (χ2n) is 5.36. The molecule has 1 aliphatic rings. The zero-order chi connectivity index (χ0) is 14.8. The average molecular weight is 287 g/mol. The molecule has 2 aromatic rings. The SMILES string of the molecule is CN(CC1CCOC1)C(=O)c1n[nH]c(=O)c2ccccc12. The number of benzene rings is 1. The van der Waals surface area contributed by atoms with E-state index in [0.29, 0.717) is 29.8 Å². The minimum Gasteiger partial charge on any atom is -0.381 e. The number of fused-ring (bicyclic) bond motifs is 1. The summed E-state index contributed by atoms with van der Waals surface area (Å²) in [6, 6.07) is 7.01. The van der Waals surface area contributed by atoms with Crippen molar-refractivity contribution < 1.29 is 9.53 Å². The van der Waals surface area contributed by atoms with Crippen molar-refractivity contribution in [1.82, 2.24) is 15.1 Å². The van der Waals surface area contributed by atoms with Gasteiger partial charge in [0.05, 0.1) is 12.0 Å². The first-order chi connectivity index (χ1) is 10.2. The molecule has 1 saturated heterocycles. The lowest BCUT2D eigenvalue weighted by molar-refractivity contribution is 0.0761. The van der Waals surface area contributed by atoms with Gasteiger partial charge >= 0.3 is 0 Å². The molecule has 6 heteroatoms. The van der Waals surface area contributed by atoms with Crippen LogP contribution < -0.4 is 5.56 Å². The van der Waals surface area contributed by atoms with Crippen LogP contribution in [-0.4, -0.2) is 47.8 Å². The third kappa shape index (κ3) is 2.67. The topological polar surface area (TPSA) is 75.3 Å². The highest BCUT2D eigenvalue weighted by Gasteiger charge is 2.23. The van der Waals surface area contributed by atoms with Gasteiger partial charge in [-0.2, -0.15) is 5.10 Å². The van der Waals surface area contributed by atoms with Crippen LogP contribution in [0.2, 0.25) is 0 Å². The Morgan fingerprint density at radius 3 is 2.90 bits per heavy atom. The number of carbonyl (C=O) groups is 1. The molecule has 0 saturated carbocycles. The number of nitrogens with zero attached hydrogens (tertiary/aromatic N) is 2. The number of ether oxygens (including phenoxy) is 1. The first-order valence-electron chi connectivity index (χ1n) is 6.97. The number of hydrogen-bond acceptors (Lipinski definition) is 4. The van der Waals surface area contributed by atoms with Crippen molar-refractivity contribution in [1.29, 1.82) is 0 Å². The highest BCUT2D eigenvalue weighted by Crippen LogP contribution is 2.17. The van der Waals surface area contributed by atoms with Crippen LogP contribution in [0.5, 0.6) is 0 Å². The quantitative estimate of drug-likeness (QED) is 0.915. The maximum atomic E-state index is 12.6. The first-order valence-corrected chi connectivity index (χ1v) is 6.97. The van der Waals surface area contributed by atoms with Crippen molar-refractivity contribution in [2.45, 2.75) is 6.42 Å². The van der Waals surface area contributed by atoms with Gasteiger partial charge in [-0.25, -0.2) is 5.10 Å². The van der Waals surface area contributed by atoms with Crippen molar-refractivity contribution >= 4 is 16.7 Å². The molecule has 21 heavy (non-hydrogen) atoms. The van der Waals surface area contributed by atoms with E-state index in [1.165, 1.54) is 0 Å². The molecule has 110 valence electrons. The molecule has 0 bridgehead atoms. The van der Waals surface area contributed by atoms with Crippen LogP contribution in [0.3, 0.4) is 0 Å². The summed E-state index contributed by atoms with van der Waals surface area (Å²) in [4.78, 5) is 25.9. The fraction of sp³-hybridized carbons (Fsp3) is 0.400. The lowest BCUT2D eigenvalue weighted by Gasteiger charge is -2.20. The molecular weight excluding hydrogens is 270 g/mol. The minimum atomic E-state index is -0.283. The molecule has 1 aromatic heterocycles. The largest absolute Gasteiger partial charge is 0.381 e. The monoisotopic (exact) mass is 287 g/mol. The number of amides is 1. The minimum absolute atomic E-state index is 0.186. The summed E-state index contributed by atoms with van der Waals surface area (Å²) in [7, 11) is 1.75. The van der Waals surface area contributed by atoms with Crippen LogP contribution in [0.25, 0.3) is 10.8 Å². The summed E-state index contributed by atoms with van der Waals surface area (Å²) in [5.74, 6) is 0.183. The molecule has 1 unspecified atom stereocenters.